The molecule has 0 aliphatic carbocycles. The van der Waals surface area contributed by atoms with E-state index in [4.69, 9.17) is 5.11 Å². The number of unbranched alkanes of at least 4 members (excludes halogenated alkanes) is 7. The summed E-state index contributed by atoms with van der Waals surface area (Å²) in [5.74, 6) is -0.922. The summed E-state index contributed by atoms with van der Waals surface area (Å²) >= 11 is 0. The largest absolute Gasteiger partial charge is 0.478 e. The second-order valence-corrected chi connectivity index (χ2v) is 7.28. The van der Waals surface area contributed by atoms with Crippen molar-refractivity contribution in [2.45, 2.75) is 57.8 Å². The van der Waals surface area contributed by atoms with Gasteiger partial charge in [-0.1, -0.05) is 81.0 Å². The summed E-state index contributed by atoms with van der Waals surface area (Å²) in [6.07, 6.45) is 14.5. The number of anilines is 1. The Morgan fingerprint density at radius 2 is 1.39 bits per heavy atom. The fraction of sp³-hybridized carbons (Fsp3) is 0.400. The van der Waals surface area contributed by atoms with Crippen molar-refractivity contribution in [1.29, 1.82) is 0 Å². The Kier molecular flexibility index (Phi) is 10.6. The molecule has 0 saturated carbocycles. The van der Waals surface area contributed by atoms with E-state index in [9.17, 15) is 4.79 Å². The molecule has 2 aromatic rings. The standard InChI is InChI=1S/C25H33NO2/c27-25(28)20-17-23-15-18-24(19-16-23)26-21-11-6-4-2-1-3-5-8-12-22-13-9-7-10-14-22/h7,9-10,13-20,26H,1-6,8,11-12,21H2,(H,27,28). The Morgan fingerprint density at radius 1 is 0.786 bits per heavy atom. The molecular weight excluding hydrogens is 346 g/mol. The van der Waals surface area contributed by atoms with Gasteiger partial charge in [0.05, 0.1) is 0 Å². The lowest BCUT2D eigenvalue weighted by Crippen LogP contribution is -2.01. The predicted octanol–water partition coefficient (Wildman–Crippen LogP) is 6.56. The number of carbonyl (C=O) groups is 1. The molecule has 0 aromatic heterocycles. The van der Waals surface area contributed by atoms with Crippen molar-refractivity contribution in [3.8, 4) is 0 Å². The molecule has 0 fully saturated rings. The molecule has 3 nitrogen and oxygen atoms in total. The van der Waals surface area contributed by atoms with Gasteiger partial charge in [0.15, 0.2) is 0 Å². The highest BCUT2D eigenvalue weighted by Crippen LogP contribution is 2.13. The monoisotopic (exact) mass is 379 g/mol. The molecule has 0 atom stereocenters. The van der Waals surface area contributed by atoms with Gasteiger partial charge in [0.25, 0.3) is 0 Å². The SMILES string of the molecule is O=C(O)C=Cc1ccc(NCCCCCCCCCCc2ccccc2)cc1. The second-order valence-electron chi connectivity index (χ2n) is 7.28. The molecule has 0 saturated heterocycles. The number of nitrogens with one attached hydrogen (secondary N) is 1. The number of carboxylic acid groups (broad SMARTS) is 1. The maximum absolute atomic E-state index is 10.5. The molecule has 0 aliphatic rings. The number of carboxylic acids is 1. The summed E-state index contributed by atoms with van der Waals surface area (Å²) < 4.78 is 0. The summed E-state index contributed by atoms with van der Waals surface area (Å²) in [5, 5.41) is 12.1. The minimum atomic E-state index is -0.922. The van der Waals surface area contributed by atoms with E-state index in [2.05, 4.69) is 35.6 Å². The van der Waals surface area contributed by atoms with Crippen LogP contribution in [0.25, 0.3) is 6.08 Å². The number of benzene rings is 2. The van der Waals surface area contributed by atoms with Gasteiger partial charge in [-0.15, -0.1) is 0 Å². The summed E-state index contributed by atoms with van der Waals surface area (Å²) in [7, 11) is 0. The van der Waals surface area contributed by atoms with Gasteiger partial charge in [0.2, 0.25) is 0 Å². The molecule has 0 spiro atoms. The van der Waals surface area contributed by atoms with Crippen LogP contribution in [0.15, 0.2) is 60.7 Å². The van der Waals surface area contributed by atoms with E-state index in [1.54, 1.807) is 6.08 Å². The lowest BCUT2D eigenvalue weighted by Gasteiger charge is -2.07. The topological polar surface area (TPSA) is 49.3 Å². The van der Waals surface area contributed by atoms with Crippen molar-refractivity contribution in [3.63, 3.8) is 0 Å². The van der Waals surface area contributed by atoms with Gasteiger partial charge in [-0.3, -0.25) is 0 Å². The molecule has 0 bridgehead atoms. The maximum atomic E-state index is 10.5. The molecule has 2 aromatic carbocycles. The Labute approximate surface area is 169 Å². The van der Waals surface area contributed by atoms with Gasteiger partial charge in [0, 0.05) is 18.3 Å². The van der Waals surface area contributed by atoms with Crippen LogP contribution in [-0.4, -0.2) is 17.6 Å². The Morgan fingerprint density at radius 3 is 2.04 bits per heavy atom. The lowest BCUT2D eigenvalue weighted by molar-refractivity contribution is -0.131. The maximum Gasteiger partial charge on any atom is 0.328 e. The van der Waals surface area contributed by atoms with Gasteiger partial charge in [0.1, 0.15) is 0 Å². The van der Waals surface area contributed by atoms with Crippen LogP contribution < -0.4 is 5.32 Å². The number of hydrogen-bond acceptors (Lipinski definition) is 2. The highest BCUT2D eigenvalue weighted by atomic mass is 16.4. The van der Waals surface area contributed by atoms with Crippen LogP contribution in [0.1, 0.15) is 62.5 Å². The van der Waals surface area contributed by atoms with Crippen LogP contribution in [0.5, 0.6) is 0 Å². The molecule has 3 heteroatoms. The first-order valence-corrected chi connectivity index (χ1v) is 10.5. The number of rotatable bonds is 14. The average Bonchev–Trinajstić information content (AvgIpc) is 2.72. The smallest absolute Gasteiger partial charge is 0.328 e. The van der Waals surface area contributed by atoms with Gasteiger partial charge in [-0.05, 0) is 48.6 Å². The van der Waals surface area contributed by atoms with Crippen molar-refractivity contribution < 1.29 is 9.90 Å². The molecular formula is C25H33NO2. The van der Waals surface area contributed by atoms with Crippen LogP contribution in [0.4, 0.5) is 5.69 Å². The van der Waals surface area contributed by atoms with E-state index in [1.807, 2.05) is 24.3 Å². The van der Waals surface area contributed by atoms with Gasteiger partial charge < -0.3 is 10.4 Å². The van der Waals surface area contributed by atoms with Crippen LogP contribution >= 0.6 is 0 Å². The van der Waals surface area contributed by atoms with E-state index in [0.29, 0.717) is 0 Å². The third-order valence-electron chi connectivity index (χ3n) is 4.89. The number of aliphatic carboxylic acids is 1. The van der Waals surface area contributed by atoms with E-state index in [0.717, 1.165) is 23.9 Å². The predicted molar refractivity (Wildman–Crippen MR) is 119 cm³/mol. The zero-order chi connectivity index (χ0) is 19.9. The van der Waals surface area contributed by atoms with Crippen LogP contribution in [0.3, 0.4) is 0 Å². The van der Waals surface area contributed by atoms with Gasteiger partial charge in [-0.25, -0.2) is 4.79 Å². The van der Waals surface area contributed by atoms with E-state index in [1.165, 1.54) is 63.4 Å². The molecule has 150 valence electrons. The summed E-state index contributed by atoms with van der Waals surface area (Å²) in [4.78, 5) is 10.5. The molecule has 2 N–H and O–H groups in total. The van der Waals surface area contributed by atoms with Crippen molar-refractivity contribution in [2.75, 3.05) is 11.9 Å². The Balaban J connectivity index is 1.42. The minimum absolute atomic E-state index is 0.900. The normalized spacial score (nSPS) is 11.0. The zero-order valence-corrected chi connectivity index (χ0v) is 16.8. The summed E-state index contributed by atoms with van der Waals surface area (Å²) in [6.45, 7) is 0.987. The highest BCUT2D eigenvalue weighted by Gasteiger charge is 1.96. The first kappa shape index (κ1) is 21.7. The van der Waals surface area contributed by atoms with Crippen LogP contribution in [0.2, 0.25) is 0 Å². The average molecular weight is 380 g/mol. The quantitative estimate of drug-likeness (QED) is 0.289. The summed E-state index contributed by atoms with van der Waals surface area (Å²) in [5.41, 5.74) is 3.45. The van der Waals surface area contributed by atoms with Crippen molar-refractivity contribution in [1.82, 2.24) is 0 Å². The Bertz CT molecular complexity index is 692. The minimum Gasteiger partial charge on any atom is -0.478 e. The molecule has 0 radical (unpaired) electrons. The van der Waals surface area contributed by atoms with E-state index < -0.39 is 5.97 Å². The second kappa shape index (κ2) is 13.6. The zero-order valence-electron chi connectivity index (χ0n) is 16.8. The third kappa shape index (κ3) is 9.96. The molecule has 0 unspecified atom stereocenters. The molecule has 0 heterocycles. The fourth-order valence-corrected chi connectivity index (χ4v) is 3.27. The highest BCUT2D eigenvalue weighted by molar-refractivity contribution is 5.85. The Hall–Kier alpha value is -2.55. The van der Waals surface area contributed by atoms with Gasteiger partial charge >= 0.3 is 5.97 Å². The van der Waals surface area contributed by atoms with Crippen LogP contribution in [-0.2, 0) is 11.2 Å². The van der Waals surface area contributed by atoms with Crippen LogP contribution in [0, 0.1) is 0 Å². The van der Waals surface area contributed by atoms with Crippen molar-refractivity contribution >= 4 is 17.7 Å². The molecule has 28 heavy (non-hydrogen) atoms. The van der Waals surface area contributed by atoms with Gasteiger partial charge in [-0.2, -0.15) is 0 Å². The first-order valence-electron chi connectivity index (χ1n) is 10.5. The van der Waals surface area contributed by atoms with E-state index >= 15 is 0 Å². The fourth-order valence-electron chi connectivity index (χ4n) is 3.27. The molecule has 2 rings (SSSR count). The van der Waals surface area contributed by atoms with Crippen molar-refractivity contribution in [2.24, 2.45) is 0 Å². The van der Waals surface area contributed by atoms with Crippen molar-refractivity contribution in [3.05, 3.63) is 71.8 Å². The number of aryl methyl sites for hydroxylation is 1. The summed E-state index contributed by atoms with van der Waals surface area (Å²) in [6, 6.07) is 18.6. The molecule has 0 amide bonds. The third-order valence-corrected chi connectivity index (χ3v) is 4.89. The first-order chi connectivity index (χ1) is 13.7. The molecule has 0 aliphatic heterocycles. The van der Waals surface area contributed by atoms with E-state index in [-0.39, 0.29) is 0 Å². The lowest BCUT2D eigenvalue weighted by atomic mass is 10.0. The number of hydrogen-bond donors (Lipinski definition) is 2.